The summed E-state index contributed by atoms with van der Waals surface area (Å²) in [5.74, 6) is -2.27. The number of aryl methyl sites for hydroxylation is 2. The summed E-state index contributed by atoms with van der Waals surface area (Å²) in [5.41, 5.74) is -2.09. The number of carbonyl (C=O) groups excluding carboxylic acids is 1. The average Bonchev–Trinajstić information content (AvgIpc) is 3.22. The molecule has 180 valence electrons. The van der Waals surface area contributed by atoms with E-state index in [1.807, 2.05) is 0 Å². The summed E-state index contributed by atoms with van der Waals surface area (Å²) in [6, 6.07) is 1.12. The van der Waals surface area contributed by atoms with Gasteiger partial charge in [-0.25, -0.2) is 18.7 Å². The van der Waals surface area contributed by atoms with Crippen LogP contribution in [0.5, 0.6) is 0 Å². The fraction of sp³-hybridized carbons (Fsp3) is 0.318. The maximum atomic E-state index is 14.5. The first-order valence-electron chi connectivity index (χ1n) is 10.1. The predicted octanol–water partition coefficient (Wildman–Crippen LogP) is 4.87. The number of rotatable bonds is 9. The van der Waals surface area contributed by atoms with E-state index in [0.29, 0.717) is 37.1 Å². The van der Waals surface area contributed by atoms with Crippen LogP contribution in [-0.2, 0) is 12.6 Å². The molecule has 0 N–H and O–H groups in total. The van der Waals surface area contributed by atoms with Crippen LogP contribution in [0.3, 0.4) is 0 Å². The van der Waals surface area contributed by atoms with E-state index in [1.165, 1.54) is 6.08 Å². The van der Waals surface area contributed by atoms with Crippen molar-refractivity contribution in [1.29, 1.82) is 0 Å². The number of carbonyl (C=O) groups is 1. The fourth-order valence-electron chi connectivity index (χ4n) is 3.05. The molecule has 7 nitrogen and oxygen atoms in total. The molecular weight excluding hydrogens is 461 g/mol. The summed E-state index contributed by atoms with van der Waals surface area (Å²) in [5, 5.41) is 7.67. The van der Waals surface area contributed by atoms with E-state index in [-0.39, 0.29) is 11.8 Å². The van der Waals surface area contributed by atoms with Crippen LogP contribution in [0, 0.1) is 18.6 Å². The first-order valence-corrected chi connectivity index (χ1v) is 10.1. The number of alkyl halides is 3. The summed E-state index contributed by atoms with van der Waals surface area (Å²) < 4.78 is 72.5. The Balaban J connectivity index is 1.74. The van der Waals surface area contributed by atoms with Crippen molar-refractivity contribution in [3.05, 3.63) is 64.8 Å². The normalized spacial score (nSPS) is 11.9. The summed E-state index contributed by atoms with van der Waals surface area (Å²) >= 11 is 0. The molecule has 1 aromatic carbocycles. The zero-order valence-corrected chi connectivity index (χ0v) is 18.2. The minimum atomic E-state index is -4.67. The third kappa shape index (κ3) is 6.00. The lowest BCUT2D eigenvalue weighted by atomic mass is 10.0. The van der Waals surface area contributed by atoms with E-state index in [9.17, 15) is 26.7 Å². The fourth-order valence-corrected chi connectivity index (χ4v) is 3.05. The third-order valence-electron chi connectivity index (χ3n) is 4.84. The highest BCUT2D eigenvalue weighted by molar-refractivity contribution is 5.84. The van der Waals surface area contributed by atoms with E-state index < -0.39 is 40.3 Å². The van der Waals surface area contributed by atoms with Crippen molar-refractivity contribution in [2.75, 3.05) is 13.6 Å². The quantitative estimate of drug-likeness (QED) is 0.245. The van der Waals surface area contributed by atoms with E-state index >= 15 is 0 Å². The Morgan fingerprint density at radius 1 is 1.09 bits per heavy atom. The summed E-state index contributed by atoms with van der Waals surface area (Å²) in [6.07, 6.45) is 1.60. The molecule has 3 rings (SSSR count). The molecule has 0 aliphatic heterocycles. The van der Waals surface area contributed by atoms with Crippen LogP contribution in [0.4, 0.5) is 22.0 Å². The van der Waals surface area contributed by atoms with Crippen molar-refractivity contribution in [3.63, 3.8) is 0 Å². The molecule has 2 heterocycles. The van der Waals surface area contributed by atoms with Crippen LogP contribution >= 0.6 is 0 Å². The monoisotopic (exact) mass is 481 g/mol. The van der Waals surface area contributed by atoms with Crippen molar-refractivity contribution in [2.24, 2.45) is 0 Å². The number of aromatic nitrogens is 4. The molecule has 0 bridgehead atoms. The number of unbranched alkanes of at least 4 members (excludes halogenated alkanes) is 1. The SMILES string of the molecule is Cc1nnc(CCCCN(C)/C=C\c2cc(-c3ncc(C(F)(F)F)cn3)c(F)c(F)c2C=O)o1. The van der Waals surface area contributed by atoms with Gasteiger partial charge < -0.3 is 9.32 Å². The van der Waals surface area contributed by atoms with Gasteiger partial charge >= 0.3 is 6.18 Å². The number of hydrogen-bond acceptors (Lipinski definition) is 7. The van der Waals surface area contributed by atoms with Gasteiger partial charge in [0.15, 0.2) is 23.7 Å². The molecule has 3 aromatic rings. The predicted molar refractivity (Wildman–Crippen MR) is 111 cm³/mol. The van der Waals surface area contributed by atoms with Gasteiger partial charge in [-0.05, 0) is 36.7 Å². The molecule has 0 atom stereocenters. The molecular formula is C22H20F5N5O2. The summed E-state index contributed by atoms with van der Waals surface area (Å²) in [7, 11) is 1.76. The van der Waals surface area contributed by atoms with Crippen molar-refractivity contribution in [1.82, 2.24) is 25.1 Å². The largest absolute Gasteiger partial charge is 0.426 e. The highest BCUT2D eigenvalue weighted by Crippen LogP contribution is 2.31. The van der Waals surface area contributed by atoms with Gasteiger partial charge in [0.1, 0.15) is 0 Å². The van der Waals surface area contributed by atoms with Gasteiger partial charge in [-0.2, -0.15) is 13.2 Å². The summed E-state index contributed by atoms with van der Waals surface area (Å²) in [4.78, 5) is 20.2. The maximum absolute atomic E-state index is 14.5. The Bertz CT molecular complexity index is 1180. The van der Waals surface area contributed by atoms with E-state index in [1.54, 1.807) is 25.1 Å². The van der Waals surface area contributed by atoms with Crippen LogP contribution < -0.4 is 0 Å². The van der Waals surface area contributed by atoms with Gasteiger partial charge in [0.2, 0.25) is 11.8 Å². The lowest BCUT2D eigenvalue weighted by molar-refractivity contribution is -0.138. The zero-order chi connectivity index (χ0) is 24.9. The van der Waals surface area contributed by atoms with Crippen molar-refractivity contribution in [3.8, 4) is 11.4 Å². The third-order valence-corrected chi connectivity index (χ3v) is 4.84. The molecule has 34 heavy (non-hydrogen) atoms. The van der Waals surface area contributed by atoms with Gasteiger partial charge in [0.25, 0.3) is 0 Å². The second-order valence-electron chi connectivity index (χ2n) is 7.43. The van der Waals surface area contributed by atoms with Gasteiger partial charge in [-0.15, -0.1) is 10.2 Å². The molecule has 0 saturated heterocycles. The second-order valence-corrected chi connectivity index (χ2v) is 7.43. The molecule has 0 aliphatic carbocycles. The lowest BCUT2D eigenvalue weighted by Gasteiger charge is -2.14. The second kappa shape index (κ2) is 10.5. The van der Waals surface area contributed by atoms with E-state index in [0.717, 1.165) is 18.9 Å². The Labute approximate surface area is 191 Å². The van der Waals surface area contributed by atoms with Crippen LogP contribution in [0.25, 0.3) is 17.5 Å². The number of halogens is 5. The molecule has 0 unspecified atom stereocenters. The molecule has 0 saturated carbocycles. The van der Waals surface area contributed by atoms with Gasteiger partial charge in [-0.3, -0.25) is 4.79 Å². The van der Waals surface area contributed by atoms with Gasteiger partial charge in [-0.1, -0.05) is 0 Å². The molecule has 0 aliphatic rings. The first-order chi connectivity index (χ1) is 16.1. The minimum Gasteiger partial charge on any atom is -0.426 e. The maximum Gasteiger partial charge on any atom is 0.419 e. The standard InChI is InChI=1S/C22H20F5N5O2/c1-13-30-31-18(34-13)5-3-4-7-32(2)8-6-14-9-16(19(23)20(24)17(14)12-33)21-28-10-15(11-29-21)22(25,26)27/h6,8-12H,3-5,7H2,1-2H3/b8-6-. The minimum absolute atomic E-state index is 0.0283. The Morgan fingerprint density at radius 2 is 1.79 bits per heavy atom. The Kier molecular flexibility index (Phi) is 7.69. The smallest absolute Gasteiger partial charge is 0.419 e. The van der Waals surface area contributed by atoms with Crippen molar-refractivity contribution < 1.29 is 31.2 Å². The zero-order valence-electron chi connectivity index (χ0n) is 18.2. The van der Waals surface area contributed by atoms with Gasteiger partial charge in [0.05, 0.1) is 16.7 Å². The van der Waals surface area contributed by atoms with Crippen LogP contribution in [0.15, 0.2) is 29.1 Å². The molecule has 0 radical (unpaired) electrons. The Morgan fingerprint density at radius 3 is 2.38 bits per heavy atom. The van der Waals surface area contributed by atoms with Crippen LogP contribution in [0.2, 0.25) is 0 Å². The molecule has 12 heteroatoms. The van der Waals surface area contributed by atoms with E-state index in [4.69, 9.17) is 4.42 Å². The molecule has 0 fully saturated rings. The number of hydrogen-bond donors (Lipinski definition) is 0. The highest BCUT2D eigenvalue weighted by Gasteiger charge is 2.31. The van der Waals surface area contributed by atoms with E-state index in [2.05, 4.69) is 20.2 Å². The number of nitrogens with zero attached hydrogens (tertiary/aromatic N) is 5. The van der Waals surface area contributed by atoms with Gasteiger partial charge in [0, 0.05) is 39.3 Å². The topological polar surface area (TPSA) is 85.0 Å². The summed E-state index contributed by atoms with van der Waals surface area (Å²) in [6.45, 7) is 2.31. The van der Waals surface area contributed by atoms with Crippen molar-refractivity contribution in [2.45, 2.75) is 32.4 Å². The van der Waals surface area contributed by atoms with Crippen LogP contribution in [0.1, 0.15) is 46.1 Å². The van der Waals surface area contributed by atoms with Crippen molar-refractivity contribution >= 4 is 12.4 Å². The molecule has 0 spiro atoms. The van der Waals surface area contributed by atoms with Crippen LogP contribution in [-0.4, -0.2) is 44.9 Å². The number of benzene rings is 1. The highest BCUT2D eigenvalue weighted by atomic mass is 19.4. The average molecular weight is 481 g/mol. The molecule has 0 amide bonds. The Hall–Kier alpha value is -3.70. The number of aldehydes is 1. The first kappa shape index (κ1) is 24.9. The lowest BCUT2D eigenvalue weighted by Crippen LogP contribution is -2.12. The molecule has 2 aromatic heterocycles.